The molecule has 11 nitrogen and oxygen atoms in total. The lowest BCUT2D eigenvalue weighted by Crippen LogP contribution is -2.35. The maximum Gasteiger partial charge on any atom is 0.308 e. The number of benzene rings is 1. The van der Waals surface area contributed by atoms with E-state index in [4.69, 9.17) is 35.3 Å². The fourth-order valence-electron chi connectivity index (χ4n) is 4.13. The first-order chi connectivity index (χ1) is 22.5. The summed E-state index contributed by atoms with van der Waals surface area (Å²) in [7, 11) is 3.39. The third-order valence-corrected chi connectivity index (χ3v) is 8.55. The van der Waals surface area contributed by atoms with Crippen LogP contribution < -0.4 is 10.1 Å². The van der Waals surface area contributed by atoms with Gasteiger partial charge in [0.1, 0.15) is 6.61 Å². The van der Waals surface area contributed by atoms with Crippen molar-refractivity contribution >= 4 is 58.0 Å². The second kappa shape index (κ2) is 22.6. The Morgan fingerprint density at radius 2 is 1.77 bits per heavy atom. The number of carbonyl (C=O) groups is 1. The van der Waals surface area contributed by atoms with Gasteiger partial charge in [0.25, 0.3) is 0 Å². The number of nitrogens with zero attached hydrogens (tertiary/aromatic N) is 2. The molecule has 47 heavy (non-hydrogen) atoms. The van der Waals surface area contributed by atoms with Crippen molar-refractivity contribution in [3.8, 4) is 10.4 Å². The van der Waals surface area contributed by atoms with Crippen molar-refractivity contribution in [3.63, 3.8) is 0 Å². The molecule has 14 heteroatoms. The summed E-state index contributed by atoms with van der Waals surface area (Å²) in [6.45, 7) is 13.4. The number of hydrogen-bond acceptors (Lipinski definition) is 13. The van der Waals surface area contributed by atoms with Crippen molar-refractivity contribution in [3.05, 3.63) is 46.3 Å². The summed E-state index contributed by atoms with van der Waals surface area (Å²) in [5.41, 5.74) is 7.09. The van der Waals surface area contributed by atoms with E-state index >= 15 is 0 Å². The molecule has 264 valence electrons. The number of hydrazine groups is 1. The largest absolute Gasteiger partial charge is 0.465 e. The van der Waals surface area contributed by atoms with Gasteiger partial charge in [-0.15, -0.1) is 11.3 Å². The van der Waals surface area contributed by atoms with Crippen molar-refractivity contribution in [2.75, 3.05) is 71.7 Å². The SMILES string of the molecule is CC/C(=C\C(=NC)C(C)(C)COC(=O)CCOCCOCCOCCOC)c1csc(-c2ccc(NSN(O)NC(C)C)cc2Cl)c1. The Kier molecular flexibility index (Phi) is 19.7. The van der Waals surface area contributed by atoms with E-state index < -0.39 is 5.41 Å². The van der Waals surface area contributed by atoms with Crippen LogP contribution in [0.5, 0.6) is 0 Å². The average Bonchev–Trinajstić information content (AvgIpc) is 3.51. The summed E-state index contributed by atoms with van der Waals surface area (Å²) in [6.07, 6.45) is 3.04. The third-order valence-electron chi connectivity index (χ3n) is 6.67. The zero-order valence-corrected chi connectivity index (χ0v) is 31.0. The standard InChI is InChI=1S/C33H51ClN4O7S2/c1-8-25(26-19-30(46-22-26)28-10-9-27(21-29(28)34)37-47-38(40)36-24(2)3)20-31(35-6)33(4,5)23-45-32(39)11-12-42-15-16-44-18-17-43-14-13-41-7/h9-10,19-22,24,36-37,40H,8,11-18,23H2,1-7H3/b25-20+,35-31?. The second-order valence-electron chi connectivity index (χ2n) is 11.4. The lowest BCUT2D eigenvalue weighted by molar-refractivity contribution is -0.146. The minimum Gasteiger partial charge on any atom is -0.465 e. The van der Waals surface area contributed by atoms with Gasteiger partial charge >= 0.3 is 5.97 Å². The number of carbonyl (C=O) groups excluding carboxylic acids is 1. The Bertz CT molecular complexity index is 1270. The molecule has 0 aliphatic rings. The smallest absolute Gasteiger partial charge is 0.308 e. The summed E-state index contributed by atoms with van der Waals surface area (Å²) in [6, 6.07) is 7.94. The maximum absolute atomic E-state index is 12.4. The molecule has 0 fully saturated rings. The first-order valence-corrected chi connectivity index (χ1v) is 17.7. The monoisotopic (exact) mass is 714 g/mol. The number of thiophene rings is 1. The highest BCUT2D eigenvalue weighted by atomic mass is 35.5. The van der Waals surface area contributed by atoms with Gasteiger partial charge in [-0.1, -0.05) is 32.4 Å². The van der Waals surface area contributed by atoms with Crippen LogP contribution in [0.25, 0.3) is 16.0 Å². The van der Waals surface area contributed by atoms with Crippen LogP contribution in [0.4, 0.5) is 5.69 Å². The van der Waals surface area contributed by atoms with Gasteiger partial charge in [0.2, 0.25) is 0 Å². The molecule has 0 saturated carbocycles. The van der Waals surface area contributed by atoms with E-state index in [0.29, 0.717) is 44.7 Å². The molecular formula is C33H51ClN4O7S2. The molecule has 0 spiro atoms. The Morgan fingerprint density at radius 1 is 1.11 bits per heavy atom. The Morgan fingerprint density at radius 3 is 2.36 bits per heavy atom. The molecule has 2 aromatic rings. The van der Waals surface area contributed by atoms with Crippen LogP contribution in [0, 0.1) is 5.41 Å². The van der Waals surface area contributed by atoms with Crippen molar-refractivity contribution in [1.82, 2.24) is 10.0 Å². The zero-order valence-electron chi connectivity index (χ0n) is 28.6. The number of methoxy groups -OCH3 is 1. The van der Waals surface area contributed by atoms with Crippen LogP contribution in [0.2, 0.25) is 5.02 Å². The first kappa shape index (κ1) is 41.1. The summed E-state index contributed by atoms with van der Waals surface area (Å²) >= 11 is 9.30. The minimum atomic E-state index is -0.497. The predicted molar refractivity (Wildman–Crippen MR) is 193 cm³/mol. The summed E-state index contributed by atoms with van der Waals surface area (Å²) in [5, 5.41) is 12.6. The number of aliphatic imine (C=N–C) groups is 1. The fourth-order valence-corrected chi connectivity index (χ4v) is 6.03. The van der Waals surface area contributed by atoms with Gasteiger partial charge in [-0.2, -0.15) is 0 Å². The molecular weight excluding hydrogens is 664 g/mol. The molecule has 0 radical (unpaired) electrons. The van der Waals surface area contributed by atoms with E-state index in [-0.39, 0.29) is 31.6 Å². The van der Waals surface area contributed by atoms with Crippen LogP contribution >= 0.6 is 35.1 Å². The number of rotatable bonds is 24. The third kappa shape index (κ3) is 15.8. The van der Waals surface area contributed by atoms with Crippen LogP contribution in [0.15, 0.2) is 40.7 Å². The number of anilines is 1. The van der Waals surface area contributed by atoms with Crippen LogP contribution in [-0.4, -0.2) is 94.5 Å². The highest BCUT2D eigenvalue weighted by Crippen LogP contribution is 2.37. The van der Waals surface area contributed by atoms with Gasteiger partial charge in [-0.05, 0) is 71.7 Å². The van der Waals surface area contributed by atoms with E-state index in [1.807, 2.05) is 45.9 Å². The molecule has 0 amide bonds. The highest BCUT2D eigenvalue weighted by molar-refractivity contribution is 7.98. The topological polar surface area (TPSA) is 123 Å². The summed E-state index contributed by atoms with van der Waals surface area (Å²) in [4.78, 5) is 18.0. The van der Waals surface area contributed by atoms with E-state index in [2.05, 4.69) is 39.6 Å². The lowest BCUT2D eigenvalue weighted by atomic mass is 9.86. The van der Waals surface area contributed by atoms with Gasteiger partial charge in [0, 0.05) is 47.5 Å². The van der Waals surface area contributed by atoms with E-state index in [0.717, 1.165) is 56.1 Å². The van der Waals surface area contributed by atoms with Crippen molar-refractivity contribution in [2.24, 2.45) is 10.4 Å². The molecule has 1 aromatic carbocycles. The lowest BCUT2D eigenvalue weighted by Gasteiger charge is -2.25. The molecule has 2 rings (SSSR count). The minimum absolute atomic E-state index is 0.0923. The van der Waals surface area contributed by atoms with Crippen LogP contribution in [-0.2, 0) is 28.5 Å². The maximum atomic E-state index is 12.4. The first-order valence-electron chi connectivity index (χ1n) is 15.6. The zero-order chi connectivity index (χ0) is 34.7. The van der Waals surface area contributed by atoms with Gasteiger partial charge in [-0.25, -0.2) is 5.43 Å². The van der Waals surface area contributed by atoms with Gasteiger partial charge < -0.3 is 28.4 Å². The van der Waals surface area contributed by atoms with Crippen molar-refractivity contribution in [2.45, 2.75) is 53.5 Å². The number of nitrogens with one attached hydrogen (secondary N) is 2. The van der Waals surface area contributed by atoms with E-state index in [1.54, 1.807) is 25.5 Å². The molecule has 1 aromatic heterocycles. The molecule has 3 N–H and O–H groups in total. The second-order valence-corrected chi connectivity index (χ2v) is 13.5. The highest BCUT2D eigenvalue weighted by Gasteiger charge is 2.26. The number of esters is 1. The van der Waals surface area contributed by atoms with E-state index in [9.17, 15) is 10.0 Å². The molecule has 1 heterocycles. The Labute approximate surface area is 293 Å². The Hall–Kier alpha value is -2.04. The van der Waals surface area contributed by atoms with Crippen molar-refractivity contribution in [1.29, 1.82) is 0 Å². The predicted octanol–water partition coefficient (Wildman–Crippen LogP) is 7.17. The van der Waals surface area contributed by atoms with Crippen LogP contribution in [0.3, 0.4) is 0 Å². The van der Waals surface area contributed by atoms with Crippen LogP contribution in [0.1, 0.15) is 53.0 Å². The molecule has 0 atom stereocenters. The molecule has 0 aliphatic heterocycles. The van der Waals surface area contributed by atoms with Gasteiger partial charge in [0.05, 0.1) is 69.8 Å². The summed E-state index contributed by atoms with van der Waals surface area (Å²) in [5.74, 6) is -0.319. The summed E-state index contributed by atoms with van der Waals surface area (Å²) < 4.78 is 30.8. The molecule has 0 saturated heterocycles. The number of halogens is 1. The van der Waals surface area contributed by atoms with E-state index in [1.165, 1.54) is 0 Å². The van der Waals surface area contributed by atoms with Gasteiger partial charge in [0.15, 0.2) is 0 Å². The Balaban J connectivity index is 1.88. The number of ether oxygens (including phenoxy) is 5. The molecule has 0 aliphatic carbocycles. The molecule has 0 bridgehead atoms. The number of allylic oxidation sites excluding steroid dienone is 2. The van der Waals surface area contributed by atoms with Crippen molar-refractivity contribution < 1.29 is 33.7 Å². The number of hydrogen-bond donors (Lipinski definition) is 3. The van der Waals surface area contributed by atoms with Gasteiger partial charge in [-0.3, -0.25) is 15.0 Å². The average molecular weight is 715 g/mol. The normalized spacial score (nSPS) is 12.7. The quantitative estimate of drug-likeness (QED) is 0.0337. The molecule has 0 unspecified atom stereocenters. The fraction of sp³-hybridized carbons (Fsp3) is 0.576.